The SMILES string of the molecule is CCOC(=O)C1CCCN(C(=O)c2ccc(CSc3nc(Cl)cc(N4CCN(Cc5ccccc5)CC4)n3)cc2)C1. The van der Waals surface area contributed by atoms with Crippen molar-refractivity contribution in [2.24, 2.45) is 5.92 Å². The molecule has 2 aliphatic rings. The van der Waals surface area contributed by atoms with Gasteiger partial charge in [-0.15, -0.1) is 0 Å². The molecule has 2 aliphatic heterocycles. The molecule has 5 rings (SSSR count). The summed E-state index contributed by atoms with van der Waals surface area (Å²) >= 11 is 7.92. The molecule has 216 valence electrons. The van der Waals surface area contributed by atoms with Crippen LogP contribution in [0.3, 0.4) is 0 Å². The van der Waals surface area contributed by atoms with E-state index in [0.717, 1.165) is 56.9 Å². The number of halogens is 1. The first kappa shape index (κ1) is 29.4. The number of piperazine rings is 1. The van der Waals surface area contributed by atoms with Crippen LogP contribution in [-0.4, -0.2) is 77.5 Å². The molecule has 41 heavy (non-hydrogen) atoms. The summed E-state index contributed by atoms with van der Waals surface area (Å²) in [6, 6.07) is 20.0. The summed E-state index contributed by atoms with van der Waals surface area (Å²) in [5.74, 6) is 1.01. The number of aromatic nitrogens is 2. The molecule has 3 aromatic rings. The van der Waals surface area contributed by atoms with Crippen molar-refractivity contribution in [3.8, 4) is 0 Å². The average molecular weight is 594 g/mol. The predicted octanol–water partition coefficient (Wildman–Crippen LogP) is 5.16. The zero-order valence-electron chi connectivity index (χ0n) is 23.4. The van der Waals surface area contributed by atoms with Crippen LogP contribution < -0.4 is 4.90 Å². The summed E-state index contributed by atoms with van der Waals surface area (Å²) in [6.45, 7) is 7.88. The Hall–Kier alpha value is -3.14. The molecular weight excluding hydrogens is 558 g/mol. The van der Waals surface area contributed by atoms with Gasteiger partial charge >= 0.3 is 5.97 Å². The molecule has 1 amide bonds. The van der Waals surface area contributed by atoms with Gasteiger partial charge in [0.25, 0.3) is 5.91 Å². The first-order valence-corrected chi connectivity index (χ1v) is 15.6. The standard InChI is InChI=1S/C31H36ClN5O3S/c1-2-40-30(39)26-9-6-14-37(21-26)29(38)25-12-10-24(11-13-25)22-41-31-33-27(32)19-28(34-31)36-17-15-35(16-18-36)20-23-7-4-3-5-8-23/h3-5,7-8,10-13,19,26H,2,6,9,14-18,20-22H2,1H3. The molecule has 10 heteroatoms. The number of rotatable bonds is 9. The largest absolute Gasteiger partial charge is 0.466 e. The summed E-state index contributed by atoms with van der Waals surface area (Å²) in [5, 5.41) is 1.07. The maximum atomic E-state index is 13.1. The second-order valence-electron chi connectivity index (χ2n) is 10.4. The van der Waals surface area contributed by atoms with E-state index < -0.39 is 0 Å². The molecule has 0 aliphatic carbocycles. The maximum Gasteiger partial charge on any atom is 0.310 e. The lowest BCUT2D eigenvalue weighted by Gasteiger charge is -2.35. The average Bonchev–Trinajstić information content (AvgIpc) is 3.01. The summed E-state index contributed by atoms with van der Waals surface area (Å²) in [4.78, 5) is 41.0. The van der Waals surface area contributed by atoms with Crippen molar-refractivity contribution in [2.45, 2.75) is 37.2 Å². The third kappa shape index (κ3) is 7.99. The molecule has 8 nitrogen and oxygen atoms in total. The predicted molar refractivity (Wildman–Crippen MR) is 162 cm³/mol. The summed E-state index contributed by atoms with van der Waals surface area (Å²) in [6.07, 6.45) is 1.56. The molecule has 3 heterocycles. The number of carbonyl (C=O) groups is 2. The van der Waals surface area contributed by atoms with E-state index in [-0.39, 0.29) is 17.8 Å². The van der Waals surface area contributed by atoms with Crippen LogP contribution in [0.5, 0.6) is 0 Å². The van der Waals surface area contributed by atoms with Gasteiger partial charge in [-0.3, -0.25) is 14.5 Å². The molecule has 0 spiro atoms. The highest BCUT2D eigenvalue weighted by Gasteiger charge is 2.29. The van der Waals surface area contributed by atoms with Gasteiger partial charge in [-0.2, -0.15) is 0 Å². The molecule has 2 fully saturated rings. The van der Waals surface area contributed by atoms with E-state index in [1.165, 1.54) is 17.3 Å². The maximum absolute atomic E-state index is 13.1. The van der Waals surface area contributed by atoms with E-state index in [2.05, 4.69) is 39.0 Å². The van der Waals surface area contributed by atoms with E-state index in [9.17, 15) is 9.59 Å². The Morgan fingerprint density at radius 3 is 2.46 bits per heavy atom. The number of esters is 1. The Balaban J connectivity index is 1.13. The second kappa shape index (κ2) is 14.2. The molecule has 1 unspecified atom stereocenters. The van der Waals surface area contributed by atoms with E-state index in [0.29, 0.717) is 41.3 Å². The minimum absolute atomic E-state index is 0.0510. The fourth-order valence-electron chi connectivity index (χ4n) is 5.28. The number of carbonyl (C=O) groups excluding carboxylic acids is 2. The number of piperidine rings is 1. The lowest BCUT2D eigenvalue weighted by molar-refractivity contribution is -0.149. The lowest BCUT2D eigenvalue weighted by atomic mass is 9.97. The molecule has 0 radical (unpaired) electrons. The van der Waals surface area contributed by atoms with Gasteiger partial charge in [-0.1, -0.05) is 65.8 Å². The van der Waals surface area contributed by atoms with Crippen LogP contribution in [0.2, 0.25) is 5.15 Å². The molecule has 1 atom stereocenters. The lowest BCUT2D eigenvalue weighted by Crippen LogP contribution is -2.46. The van der Waals surface area contributed by atoms with Crippen molar-refractivity contribution < 1.29 is 14.3 Å². The van der Waals surface area contributed by atoms with Gasteiger partial charge in [0.1, 0.15) is 11.0 Å². The number of benzene rings is 2. The molecule has 1 aromatic heterocycles. The third-order valence-corrected chi connectivity index (χ3v) is 8.62. The van der Waals surface area contributed by atoms with Crippen LogP contribution in [0, 0.1) is 5.92 Å². The van der Waals surface area contributed by atoms with E-state index in [4.69, 9.17) is 21.3 Å². The van der Waals surface area contributed by atoms with Crippen molar-refractivity contribution in [1.82, 2.24) is 19.8 Å². The number of ether oxygens (including phenoxy) is 1. The quantitative estimate of drug-likeness (QED) is 0.146. The minimum Gasteiger partial charge on any atom is -0.466 e. The minimum atomic E-state index is -0.246. The molecule has 0 N–H and O–H groups in total. The van der Waals surface area contributed by atoms with Crippen LogP contribution in [-0.2, 0) is 21.8 Å². The van der Waals surface area contributed by atoms with Crippen LogP contribution >= 0.6 is 23.4 Å². The zero-order valence-corrected chi connectivity index (χ0v) is 24.9. The smallest absolute Gasteiger partial charge is 0.310 e. The first-order chi connectivity index (χ1) is 20.0. The fraction of sp³-hybridized carbons (Fsp3) is 0.419. The Kier molecular flexibility index (Phi) is 10.1. The van der Waals surface area contributed by atoms with Crippen molar-refractivity contribution in [3.05, 3.63) is 82.5 Å². The van der Waals surface area contributed by atoms with Gasteiger partial charge in [0, 0.05) is 63.2 Å². The van der Waals surface area contributed by atoms with Gasteiger partial charge in [0.2, 0.25) is 0 Å². The van der Waals surface area contributed by atoms with Gasteiger partial charge < -0.3 is 14.5 Å². The van der Waals surface area contributed by atoms with E-state index in [1.807, 2.05) is 36.4 Å². The van der Waals surface area contributed by atoms with Gasteiger partial charge in [0.15, 0.2) is 5.16 Å². The number of hydrogen-bond donors (Lipinski definition) is 0. The highest BCUT2D eigenvalue weighted by Crippen LogP contribution is 2.26. The summed E-state index contributed by atoms with van der Waals surface area (Å²) in [5.41, 5.74) is 3.02. The van der Waals surface area contributed by atoms with Crippen LogP contribution in [0.1, 0.15) is 41.3 Å². The van der Waals surface area contributed by atoms with E-state index >= 15 is 0 Å². The molecule has 0 bridgehead atoms. The third-order valence-electron chi connectivity index (χ3n) is 7.50. The number of hydrogen-bond acceptors (Lipinski definition) is 8. The van der Waals surface area contributed by atoms with Crippen molar-refractivity contribution in [1.29, 1.82) is 0 Å². The monoisotopic (exact) mass is 593 g/mol. The number of nitrogens with zero attached hydrogens (tertiary/aromatic N) is 5. The van der Waals surface area contributed by atoms with Crippen molar-refractivity contribution in [2.75, 3.05) is 50.8 Å². The molecule has 0 saturated carbocycles. The number of anilines is 1. The van der Waals surface area contributed by atoms with Crippen LogP contribution in [0.4, 0.5) is 5.82 Å². The van der Waals surface area contributed by atoms with Crippen molar-refractivity contribution >= 4 is 41.1 Å². The number of likely N-dealkylation sites (tertiary alicyclic amines) is 1. The second-order valence-corrected chi connectivity index (χ2v) is 11.7. The number of thioether (sulfide) groups is 1. The Morgan fingerprint density at radius 1 is 0.976 bits per heavy atom. The Bertz CT molecular complexity index is 1320. The van der Waals surface area contributed by atoms with Gasteiger partial charge in [-0.25, -0.2) is 9.97 Å². The fourth-order valence-corrected chi connectivity index (χ4v) is 6.31. The Labute approximate surface area is 251 Å². The topological polar surface area (TPSA) is 78.9 Å². The highest BCUT2D eigenvalue weighted by atomic mass is 35.5. The summed E-state index contributed by atoms with van der Waals surface area (Å²) in [7, 11) is 0. The Morgan fingerprint density at radius 2 is 1.73 bits per heavy atom. The van der Waals surface area contributed by atoms with Gasteiger partial charge in [-0.05, 0) is 43.0 Å². The molecular formula is C31H36ClN5O3S. The molecule has 2 aromatic carbocycles. The zero-order chi connectivity index (χ0) is 28.6. The van der Waals surface area contributed by atoms with Crippen LogP contribution in [0.15, 0.2) is 65.8 Å². The summed E-state index contributed by atoms with van der Waals surface area (Å²) < 4.78 is 5.17. The van der Waals surface area contributed by atoms with Crippen LogP contribution in [0.25, 0.3) is 0 Å². The highest BCUT2D eigenvalue weighted by molar-refractivity contribution is 7.98. The number of amides is 1. The molecule has 2 saturated heterocycles. The first-order valence-electron chi connectivity index (χ1n) is 14.2. The normalized spacial score (nSPS) is 17.9. The van der Waals surface area contributed by atoms with E-state index in [1.54, 1.807) is 11.8 Å². The van der Waals surface area contributed by atoms with Gasteiger partial charge in [0.05, 0.1) is 12.5 Å². The van der Waals surface area contributed by atoms with Crippen molar-refractivity contribution in [3.63, 3.8) is 0 Å².